The SMILES string of the molecule is Cl.Cl.Cl.N[C@@]1(CCOCc2cccnc2)NCCN(C(=O)c2cccc3ccccc23)C1CCCS. The van der Waals surface area contributed by atoms with E-state index < -0.39 is 5.66 Å². The molecule has 10 heteroatoms. The van der Waals surface area contributed by atoms with Crippen molar-refractivity contribution in [1.29, 1.82) is 0 Å². The Bertz CT molecular complexity index is 1070. The zero-order valence-corrected chi connectivity index (χ0v) is 23.4. The number of piperazine rings is 1. The lowest BCUT2D eigenvalue weighted by molar-refractivity contribution is 0.0175. The van der Waals surface area contributed by atoms with Gasteiger partial charge in [-0.1, -0.05) is 42.5 Å². The number of nitrogens with one attached hydrogen (secondary N) is 1. The van der Waals surface area contributed by atoms with E-state index in [2.05, 4.69) is 22.9 Å². The van der Waals surface area contributed by atoms with Gasteiger partial charge in [0.1, 0.15) is 0 Å². The second kappa shape index (κ2) is 15.6. The summed E-state index contributed by atoms with van der Waals surface area (Å²) in [6.45, 7) is 2.25. The minimum Gasteiger partial charge on any atom is -0.377 e. The number of carbonyl (C=O) groups excluding carboxylic acids is 1. The maximum absolute atomic E-state index is 13.8. The highest BCUT2D eigenvalue weighted by Gasteiger charge is 2.43. The van der Waals surface area contributed by atoms with Crippen LogP contribution in [0.1, 0.15) is 35.2 Å². The Morgan fingerprint density at radius 2 is 1.92 bits per heavy atom. The first-order valence-corrected chi connectivity index (χ1v) is 12.2. The van der Waals surface area contributed by atoms with Crippen molar-refractivity contribution >= 4 is 66.5 Å². The molecule has 0 spiro atoms. The summed E-state index contributed by atoms with van der Waals surface area (Å²) in [5.41, 5.74) is 7.94. The Balaban J connectivity index is 0.00000216. The van der Waals surface area contributed by atoms with Crippen molar-refractivity contribution in [2.45, 2.75) is 37.6 Å². The first-order chi connectivity index (χ1) is 16.1. The largest absolute Gasteiger partial charge is 0.377 e. The third-order valence-electron chi connectivity index (χ3n) is 6.35. The molecular weight excluding hydrogens is 539 g/mol. The third kappa shape index (κ3) is 7.71. The third-order valence-corrected chi connectivity index (χ3v) is 6.66. The fourth-order valence-corrected chi connectivity index (χ4v) is 4.82. The quantitative estimate of drug-likeness (QED) is 0.251. The zero-order valence-electron chi connectivity index (χ0n) is 20.0. The Kier molecular flexibility index (Phi) is 14.1. The molecule has 0 aliphatic carbocycles. The molecule has 198 valence electrons. The van der Waals surface area contributed by atoms with Crippen molar-refractivity contribution in [3.05, 3.63) is 78.1 Å². The summed E-state index contributed by atoms with van der Waals surface area (Å²) in [4.78, 5) is 19.9. The molecule has 6 nitrogen and oxygen atoms in total. The van der Waals surface area contributed by atoms with Gasteiger partial charge in [-0.2, -0.15) is 12.6 Å². The number of ether oxygens (including phenoxy) is 1. The van der Waals surface area contributed by atoms with Crippen LogP contribution in [0.15, 0.2) is 67.0 Å². The molecule has 1 aliphatic rings. The van der Waals surface area contributed by atoms with Gasteiger partial charge in [-0.25, -0.2) is 0 Å². The van der Waals surface area contributed by atoms with Crippen LogP contribution in [0.2, 0.25) is 0 Å². The first-order valence-electron chi connectivity index (χ1n) is 11.5. The molecule has 2 aromatic carbocycles. The molecule has 4 rings (SSSR count). The summed E-state index contributed by atoms with van der Waals surface area (Å²) in [7, 11) is 0. The smallest absolute Gasteiger partial charge is 0.254 e. The average Bonchev–Trinajstić information content (AvgIpc) is 2.86. The number of aromatic nitrogens is 1. The second-order valence-corrected chi connectivity index (χ2v) is 8.99. The Morgan fingerprint density at radius 3 is 2.67 bits per heavy atom. The van der Waals surface area contributed by atoms with Crippen LogP contribution in [0.25, 0.3) is 10.8 Å². The van der Waals surface area contributed by atoms with Crippen molar-refractivity contribution in [3.8, 4) is 0 Å². The number of carbonyl (C=O) groups is 1. The van der Waals surface area contributed by atoms with Crippen LogP contribution in [0, 0.1) is 0 Å². The van der Waals surface area contributed by atoms with Gasteiger partial charge in [-0.3, -0.25) is 15.1 Å². The van der Waals surface area contributed by atoms with E-state index in [1.54, 1.807) is 12.4 Å². The van der Waals surface area contributed by atoms with Crippen molar-refractivity contribution in [3.63, 3.8) is 0 Å². The molecule has 1 aliphatic heterocycles. The van der Waals surface area contributed by atoms with Gasteiger partial charge < -0.3 is 15.4 Å². The van der Waals surface area contributed by atoms with Crippen LogP contribution >= 0.6 is 49.8 Å². The van der Waals surface area contributed by atoms with Gasteiger partial charge in [0, 0.05) is 37.5 Å². The molecule has 1 fully saturated rings. The number of hydrogen-bond acceptors (Lipinski definition) is 6. The number of nitrogens with two attached hydrogens (primary N) is 1. The number of halogens is 3. The van der Waals surface area contributed by atoms with Crippen molar-refractivity contribution in [1.82, 2.24) is 15.2 Å². The van der Waals surface area contributed by atoms with Crippen LogP contribution in [0.5, 0.6) is 0 Å². The molecule has 0 saturated carbocycles. The first kappa shape index (κ1) is 32.4. The van der Waals surface area contributed by atoms with Gasteiger partial charge in [-0.15, -0.1) is 37.2 Å². The monoisotopic (exact) mass is 572 g/mol. The van der Waals surface area contributed by atoms with E-state index in [1.165, 1.54) is 0 Å². The molecule has 3 aromatic rings. The van der Waals surface area contributed by atoms with Gasteiger partial charge in [0.2, 0.25) is 0 Å². The molecule has 1 unspecified atom stereocenters. The molecule has 0 bridgehead atoms. The molecule has 0 radical (unpaired) electrons. The van der Waals surface area contributed by atoms with Crippen LogP contribution in [0.4, 0.5) is 0 Å². The number of thiol groups is 1. The van der Waals surface area contributed by atoms with Gasteiger partial charge in [0.25, 0.3) is 5.91 Å². The van der Waals surface area contributed by atoms with E-state index in [4.69, 9.17) is 10.5 Å². The lowest BCUT2D eigenvalue weighted by Crippen LogP contribution is -2.72. The maximum atomic E-state index is 13.8. The molecule has 1 amide bonds. The summed E-state index contributed by atoms with van der Waals surface area (Å²) in [5, 5.41) is 5.53. The summed E-state index contributed by atoms with van der Waals surface area (Å²) >= 11 is 4.41. The van der Waals surface area contributed by atoms with Gasteiger partial charge in [0.05, 0.1) is 24.9 Å². The summed E-state index contributed by atoms with van der Waals surface area (Å²) in [5.74, 6) is 0.781. The zero-order chi connectivity index (χ0) is 23.1. The number of amides is 1. The van der Waals surface area contributed by atoms with Crippen LogP contribution < -0.4 is 11.1 Å². The lowest BCUT2D eigenvalue weighted by Gasteiger charge is -2.49. The van der Waals surface area contributed by atoms with E-state index in [9.17, 15) is 4.79 Å². The highest BCUT2D eigenvalue weighted by Crippen LogP contribution is 2.28. The maximum Gasteiger partial charge on any atom is 0.254 e. The number of fused-ring (bicyclic) bond motifs is 1. The fourth-order valence-electron chi connectivity index (χ4n) is 4.64. The molecule has 1 aromatic heterocycles. The fraction of sp³-hybridized carbons (Fsp3) is 0.385. The summed E-state index contributed by atoms with van der Waals surface area (Å²) in [6.07, 6.45) is 5.81. The highest BCUT2D eigenvalue weighted by molar-refractivity contribution is 7.80. The Morgan fingerprint density at radius 1 is 1.14 bits per heavy atom. The molecule has 2 atom stereocenters. The average molecular weight is 574 g/mol. The highest BCUT2D eigenvalue weighted by atomic mass is 35.5. The van der Waals surface area contributed by atoms with Crippen molar-refractivity contribution in [2.24, 2.45) is 5.73 Å². The number of hydrogen-bond donors (Lipinski definition) is 3. The topological polar surface area (TPSA) is 80.5 Å². The van der Waals surface area contributed by atoms with Gasteiger partial charge >= 0.3 is 0 Å². The molecular formula is C26H35Cl3N4O2S. The van der Waals surface area contributed by atoms with E-state index in [0.717, 1.165) is 40.5 Å². The van der Waals surface area contributed by atoms with Gasteiger partial charge in [0.15, 0.2) is 0 Å². The lowest BCUT2D eigenvalue weighted by atomic mass is 9.89. The minimum atomic E-state index is -0.726. The van der Waals surface area contributed by atoms with E-state index in [0.29, 0.717) is 32.7 Å². The van der Waals surface area contributed by atoms with Crippen LogP contribution in [-0.2, 0) is 11.3 Å². The molecule has 2 heterocycles. The summed E-state index contributed by atoms with van der Waals surface area (Å²) in [6, 6.07) is 17.7. The molecule has 36 heavy (non-hydrogen) atoms. The second-order valence-electron chi connectivity index (χ2n) is 8.54. The Labute approximate surface area is 237 Å². The predicted octanol–water partition coefficient (Wildman–Crippen LogP) is 4.89. The van der Waals surface area contributed by atoms with E-state index in [-0.39, 0.29) is 49.2 Å². The molecule has 3 N–H and O–H groups in total. The van der Waals surface area contributed by atoms with Crippen molar-refractivity contribution in [2.75, 3.05) is 25.4 Å². The number of rotatable bonds is 9. The minimum absolute atomic E-state index is 0. The number of nitrogens with zero attached hydrogens (tertiary/aromatic N) is 2. The van der Waals surface area contributed by atoms with Gasteiger partial charge in [-0.05, 0) is 47.1 Å². The number of pyridine rings is 1. The van der Waals surface area contributed by atoms with E-state index >= 15 is 0 Å². The molecule has 1 saturated heterocycles. The van der Waals surface area contributed by atoms with Crippen LogP contribution in [0.3, 0.4) is 0 Å². The normalized spacial score (nSPS) is 19.1. The summed E-state index contributed by atoms with van der Waals surface area (Å²) < 4.78 is 5.90. The van der Waals surface area contributed by atoms with E-state index in [1.807, 2.05) is 59.5 Å². The van der Waals surface area contributed by atoms with Crippen molar-refractivity contribution < 1.29 is 9.53 Å². The number of benzene rings is 2. The Hall–Kier alpha value is -1.58. The predicted molar refractivity (Wildman–Crippen MR) is 157 cm³/mol. The standard InChI is InChI=1S/C26H32N4O2S.3ClH/c27-26(12-16-32-19-20-6-4-13-28-18-20)24(11-5-17-33)30(15-14-29-26)25(31)23-10-3-8-21-7-1-2-9-22(21)23;;;/h1-4,6-10,13,18,24,29,33H,5,11-12,14-17,19,27H2;3*1H/t24?,26-;;;/m0.../s1. The van der Waals surface area contributed by atoms with Crippen LogP contribution in [-0.4, -0.2) is 52.9 Å².